The molecule has 4 rings (SSSR count). The van der Waals surface area contributed by atoms with Gasteiger partial charge in [0.25, 0.3) is 0 Å². The summed E-state index contributed by atoms with van der Waals surface area (Å²) >= 11 is 0. The van der Waals surface area contributed by atoms with Gasteiger partial charge in [0.15, 0.2) is 23.2 Å². The maximum atomic E-state index is 13.7. The summed E-state index contributed by atoms with van der Waals surface area (Å²) in [6.45, 7) is 0.448. The van der Waals surface area contributed by atoms with Gasteiger partial charge in [0.2, 0.25) is 0 Å². The number of Topliss-reactive ketones (excluding diaryl/α,β-unsaturated/α-hetero) is 1. The van der Waals surface area contributed by atoms with Gasteiger partial charge in [0.1, 0.15) is 48.0 Å². The minimum absolute atomic E-state index is 0.0816. The van der Waals surface area contributed by atoms with Crippen LogP contribution in [0, 0.1) is 17.5 Å². The maximum absolute atomic E-state index is 13.7. The maximum Gasteiger partial charge on any atom is 0.573 e. The van der Waals surface area contributed by atoms with Gasteiger partial charge in [-0.1, -0.05) is 24.3 Å². The van der Waals surface area contributed by atoms with Crippen molar-refractivity contribution in [3.8, 4) is 17.0 Å². The average Bonchev–Trinajstić information content (AvgIpc) is 3.42. The van der Waals surface area contributed by atoms with Crippen LogP contribution in [-0.4, -0.2) is 79.6 Å². The van der Waals surface area contributed by atoms with Gasteiger partial charge in [-0.05, 0) is 29.8 Å². The highest BCUT2D eigenvalue weighted by molar-refractivity contribution is 5.83. The molecule has 0 aliphatic carbocycles. The molecular weight excluding hydrogens is 580 g/mol. The zero-order valence-electron chi connectivity index (χ0n) is 21.7. The van der Waals surface area contributed by atoms with Gasteiger partial charge in [0.05, 0.1) is 19.4 Å². The Morgan fingerprint density at radius 3 is 2.31 bits per heavy atom. The van der Waals surface area contributed by atoms with E-state index in [4.69, 9.17) is 9.47 Å². The molecular formula is C26H25F6N3O7. The molecule has 0 bridgehead atoms. The Morgan fingerprint density at radius 1 is 1.10 bits per heavy atom. The van der Waals surface area contributed by atoms with E-state index in [1.54, 1.807) is 0 Å². The zero-order valence-corrected chi connectivity index (χ0v) is 21.7. The second-order valence-electron chi connectivity index (χ2n) is 9.37. The van der Waals surface area contributed by atoms with Crippen LogP contribution in [0.4, 0.5) is 26.3 Å². The second-order valence-corrected chi connectivity index (χ2v) is 9.37. The predicted molar refractivity (Wildman–Crippen MR) is 129 cm³/mol. The first-order chi connectivity index (χ1) is 19.8. The third kappa shape index (κ3) is 6.90. The van der Waals surface area contributed by atoms with E-state index in [0.717, 1.165) is 23.0 Å². The van der Waals surface area contributed by atoms with Gasteiger partial charge < -0.3 is 29.5 Å². The van der Waals surface area contributed by atoms with Crippen LogP contribution in [0.3, 0.4) is 0 Å². The zero-order chi connectivity index (χ0) is 30.8. The summed E-state index contributed by atoms with van der Waals surface area (Å²) in [6, 6.07) is 4.57. The number of hydrogen-bond donors (Lipinski definition) is 3. The number of hydrogen-bond acceptors (Lipinski definition) is 9. The summed E-state index contributed by atoms with van der Waals surface area (Å²) < 4.78 is 94.3. The molecule has 1 fully saturated rings. The van der Waals surface area contributed by atoms with Crippen molar-refractivity contribution in [1.82, 2.24) is 15.0 Å². The van der Waals surface area contributed by atoms with Crippen LogP contribution in [0.1, 0.15) is 24.9 Å². The SMILES string of the molecule is CCC(=O)[C@@H](OCc1ccc(OC(F)(F)F)cc1)[C@@H]1OC(CO)[C@H](O)[C@H](n2cc(-c3cc(F)c(F)c(F)c3)nn2)C1O. The molecule has 0 spiro atoms. The quantitative estimate of drug-likeness (QED) is 0.236. The molecule has 3 aromatic rings. The van der Waals surface area contributed by atoms with E-state index in [-0.39, 0.29) is 24.3 Å². The summed E-state index contributed by atoms with van der Waals surface area (Å²) in [7, 11) is 0. The summed E-state index contributed by atoms with van der Waals surface area (Å²) in [5.41, 5.74) is 0.00263. The lowest BCUT2D eigenvalue weighted by molar-refractivity contribution is -0.274. The molecule has 10 nitrogen and oxygen atoms in total. The molecule has 0 radical (unpaired) electrons. The number of alkyl halides is 3. The molecule has 2 aromatic carbocycles. The molecule has 228 valence electrons. The molecule has 2 heterocycles. The lowest BCUT2D eigenvalue weighted by atomic mass is 9.88. The molecule has 1 aliphatic heterocycles. The molecule has 0 saturated carbocycles. The summed E-state index contributed by atoms with van der Waals surface area (Å²) in [5, 5.41) is 39.5. The Labute approximate surface area is 234 Å². The van der Waals surface area contributed by atoms with E-state index < -0.39 is 78.5 Å². The standard InChI is InChI=1S/C26H25F6N3O7/c1-2-18(37)24(40-11-12-3-5-14(6-4-12)42-26(30,31)32)25-23(39)21(22(38)19(10-36)41-25)35-9-17(33-34-35)13-7-15(27)20(29)16(28)8-13/h3-9,19,21-25,36,38-39H,2,10-11H2,1H3/t19?,21-,22-,23?,24+,25+/m0/s1. The molecule has 16 heteroatoms. The van der Waals surface area contributed by atoms with Crippen molar-refractivity contribution in [1.29, 1.82) is 0 Å². The number of aliphatic hydroxyl groups excluding tert-OH is 3. The number of nitrogens with zero attached hydrogens (tertiary/aromatic N) is 3. The van der Waals surface area contributed by atoms with Gasteiger partial charge >= 0.3 is 6.36 Å². The number of halogens is 6. The fourth-order valence-electron chi connectivity index (χ4n) is 4.50. The van der Waals surface area contributed by atoms with Crippen LogP contribution in [0.15, 0.2) is 42.6 Å². The molecule has 3 N–H and O–H groups in total. The predicted octanol–water partition coefficient (Wildman–Crippen LogP) is 2.85. The largest absolute Gasteiger partial charge is 0.573 e. The van der Waals surface area contributed by atoms with E-state index >= 15 is 0 Å². The van der Waals surface area contributed by atoms with Crippen molar-refractivity contribution in [3.63, 3.8) is 0 Å². The number of benzene rings is 2. The highest BCUT2D eigenvalue weighted by atomic mass is 19.4. The highest BCUT2D eigenvalue weighted by Gasteiger charge is 2.50. The molecule has 1 aromatic heterocycles. The third-order valence-electron chi connectivity index (χ3n) is 6.58. The Balaban J connectivity index is 1.58. The lowest BCUT2D eigenvalue weighted by Gasteiger charge is -2.44. The Morgan fingerprint density at radius 2 is 1.74 bits per heavy atom. The number of carbonyl (C=O) groups excluding carboxylic acids is 1. The van der Waals surface area contributed by atoms with Crippen LogP contribution in [0.5, 0.6) is 5.75 Å². The van der Waals surface area contributed by atoms with Crippen molar-refractivity contribution in [3.05, 3.63) is 65.6 Å². The van der Waals surface area contributed by atoms with Crippen LogP contribution < -0.4 is 4.74 Å². The summed E-state index contributed by atoms with van der Waals surface area (Å²) in [5.74, 6) is -5.66. The molecule has 6 atom stereocenters. The molecule has 1 saturated heterocycles. The minimum Gasteiger partial charge on any atom is -0.406 e. The van der Waals surface area contributed by atoms with E-state index in [1.807, 2.05) is 0 Å². The fraction of sp³-hybridized carbons (Fsp3) is 0.423. The number of carbonyl (C=O) groups is 1. The molecule has 42 heavy (non-hydrogen) atoms. The Kier molecular flexibility index (Phi) is 9.52. The van der Waals surface area contributed by atoms with Crippen molar-refractivity contribution >= 4 is 5.78 Å². The third-order valence-corrected chi connectivity index (χ3v) is 6.58. The normalized spacial score (nSPS) is 23.5. The van der Waals surface area contributed by atoms with Gasteiger partial charge in [-0.2, -0.15) is 0 Å². The highest BCUT2D eigenvalue weighted by Crippen LogP contribution is 2.34. The minimum atomic E-state index is -4.88. The number of aliphatic hydroxyl groups is 3. The monoisotopic (exact) mass is 605 g/mol. The van der Waals surface area contributed by atoms with E-state index in [1.165, 1.54) is 19.1 Å². The first-order valence-electron chi connectivity index (χ1n) is 12.5. The van der Waals surface area contributed by atoms with Crippen molar-refractivity contribution < 1.29 is 60.7 Å². The summed E-state index contributed by atoms with van der Waals surface area (Å²) in [4.78, 5) is 12.9. The van der Waals surface area contributed by atoms with Crippen molar-refractivity contribution in [2.75, 3.05) is 6.61 Å². The first kappa shape index (κ1) is 31.4. The van der Waals surface area contributed by atoms with Crippen molar-refractivity contribution in [2.24, 2.45) is 0 Å². The van der Waals surface area contributed by atoms with Crippen LogP contribution in [0.25, 0.3) is 11.3 Å². The Bertz CT molecular complexity index is 1360. The van der Waals surface area contributed by atoms with Gasteiger partial charge in [-0.15, -0.1) is 18.3 Å². The van der Waals surface area contributed by atoms with Gasteiger partial charge in [-0.25, -0.2) is 17.9 Å². The number of ether oxygens (including phenoxy) is 3. The van der Waals surface area contributed by atoms with Gasteiger partial charge in [-0.3, -0.25) is 4.79 Å². The lowest BCUT2D eigenvalue weighted by Crippen LogP contribution is -2.60. The van der Waals surface area contributed by atoms with E-state index in [9.17, 15) is 46.5 Å². The fourth-order valence-corrected chi connectivity index (χ4v) is 4.50. The number of aromatic nitrogens is 3. The van der Waals surface area contributed by atoms with Gasteiger partial charge in [0, 0.05) is 12.0 Å². The Hall–Kier alpha value is -3.57. The second kappa shape index (κ2) is 12.7. The van der Waals surface area contributed by atoms with Crippen LogP contribution in [0.2, 0.25) is 0 Å². The van der Waals surface area contributed by atoms with E-state index in [0.29, 0.717) is 17.7 Å². The molecule has 0 amide bonds. The molecule has 1 aliphatic rings. The number of ketones is 1. The van der Waals surface area contributed by atoms with E-state index in [2.05, 4.69) is 15.0 Å². The average molecular weight is 605 g/mol. The van der Waals surface area contributed by atoms with Crippen LogP contribution >= 0.6 is 0 Å². The number of rotatable bonds is 10. The topological polar surface area (TPSA) is 136 Å². The smallest absolute Gasteiger partial charge is 0.406 e. The summed E-state index contributed by atoms with van der Waals surface area (Å²) in [6.07, 6.45) is -11.5. The first-order valence-corrected chi connectivity index (χ1v) is 12.5. The van der Waals surface area contributed by atoms with Crippen molar-refractivity contribution in [2.45, 2.75) is 62.9 Å². The molecule has 2 unspecified atom stereocenters. The van der Waals surface area contributed by atoms with Crippen LogP contribution in [-0.2, 0) is 20.9 Å².